The van der Waals surface area contributed by atoms with Gasteiger partial charge in [0.15, 0.2) is 0 Å². The SMILES string of the molecule is O=C(CN1CCN(S(=O)(=O)c2cccc(Cl)c2)CC1)Nc1ccc([N+](=O)[O-])cc1. The highest BCUT2D eigenvalue weighted by Gasteiger charge is 2.29. The van der Waals surface area contributed by atoms with E-state index < -0.39 is 14.9 Å². The second-order valence-corrected chi connectivity index (χ2v) is 8.86. The number of rotatable bonds is 6. The Morgan fingerprint density at radius 2 is 1.76 bits per heavy atom. The lowest BCUT2D eigenvalue weighted by Crippen LogP contribution is -2.50. The van der Waals surface area contributed by atoms with Crippen molar-refractivity contribution in [3.05, 3.63) is 63.7 Å². The Bertz CT molecular complexity index is 1010. The number of sulfonamides is 1. The van der Waals surface area contributed by atoms with E-state index in [1.165, 1.54) is 40.7 Å². The molecule has 154 valence electrons. The van der Waals surface area contributed by atoms with Gasteiger partial charge in [0, 0.05) is 49.0 Å². The molecule has 1 amide bonds. The number of amides is 1. The summed E-state index contributed by atoms with van der Waals surface area (Å²) in [6, 6.07) is 11.7. The third-order valence-corrected chi connectivity index (χ3v) is 6.62. The van der Waals surface area contributed by atoms with Gasteiger partial charge in [0.2, 0.25) is 15.9 Å². The van der Waals surface area contributed by atoms with Crippen molar-refractivity contribution in [2.75, 3.05) is 38.0 Å². The summed E-state index contributed by atoms with van der Waals surface area (Å²) in [4.78, 5) is 24.4. The van der Waals surface area contributed by atoms with Crippen LogP contribution in [0.5, 0.6) is 0 Å². The van der Waals surface area contributed by atoms with Gasteiger partial charge in [-0.25, -0.2) is 8.42 Å². The molecule has 1 aliphatic rings. The maximum absolute atomic E-state index is 12.7. The maximum atomic E-state index is 12.7. The molecule has 29 heavy (non-hydrogen) atoms. The maximum Gasteiger partial charge on any atom is 0.269 e. The Kier molecular flexibility index (Phi) is 6.48. The van der Waals surface area contributed by atoms with E-state index in [0.717, 1.165) is 0 Å². The largest absolute Gasteiger partial charge is 0.325 e. The van der Waals surface area contributed by atoms with Gasteiger partial charge in [-0.15, -0.1) is 0 Å². The second-order valence-electron chi connectivity index (χ2n) is 6.49. The zero-order chi connectivity index (χ0) is 21.0. The highest BCUT2D eigenvalue weighted by molar-refractivity contribution is 7.89. The van der Waals surface area contributed by atoms with E-state index in [1.807, 2.05) is 4.90 Å². The summed E-state index contributed by atoms with van der Waals surface area (Å²) in [5, 5.41) is 13.7. The fourth-order valence-electron chi connectivity index (χ4n) is 2.97. The molecule has 0 bridgehead atoms. The second kappa shape index (κ2) is 8.87. The van der Waals surface area contributed by atoms with Crippen molar-refractivity contribution < 1.29 is 18.1 Å². The first kappa shape index (κ1) is 21.2. The lowest BCUT2D eigenvalue weighted by atomic mass is 10.3. The Labute approximate surface area is 173 Å². The highest BCUT2D eigenvalue weighted by atomic mass is 35.5. The van der Waals surface area contributed by atoms with E-state index in [4.69, 9.17) is 11.6 Å². The molecule has 0 saturated carbocycles. The van der Waals surface area contributed by atoms with Gasteiger partial charge in [0.25, 0.3) is 5.69 Å². The first-order valence-corrected chi connectivity index (χ1v) is 10.6. The van der Waals surface area contributed by atoms with Crippen molar-refractivity contribution in [3.8, 4) is 0 Å². The van der Waals surface area contributed by atoms with Crippen LogP contribution in [-0.4, -0.2) is 61.2 Å². The van der Waals surface area contributed by atoms with Gasteiger partial charge >= 0.3 is 0 Å². The van der Waals surface area contributed by atoms with Gasteiger partial charge in [-0.3, -0.25) is 19.8 Å². The number of non-ortho nitro benzene ring substituents is 1. The van der Waals surface area contributed by atoms with E-state index in [9.17, 15) is 23.3 Å². The van der Waals surface area contributed by atoms with Crippen molar-refractivity contribution in [3.63, 3.8) is 0 Å². The van der Waals surface area contributed by atoms with Gasteiger partial charge in [-0.1, -0.05) is 17.7 Å². The molecule has 1 N–H and O–H groups in total. The number of nitrogens with zero attached hydrogens (tertiary/aromatic N) is 3. The average Bonchev–Trinajstić information content (AvgIpc) is 2.68. The van der Waals surface area contributed by atoms with E-state index >= 15 is 0 Å². The number of piperazine rings is 1. The molecule has 0 atom stereocenters. The molecular weight excluding hydrogens is 420 g/mol. The number of carbonyl (C=O) groups is 1. The molecule has 0 unspecified atom stereocenters. The summed E-state index contributed by atoms with van der Waals surface area (Å²) in [7, 11) is -3.63. The molecule has 1 aliphatic heterocycles. The van der Waals surface area contributed by atoms with Gasteiger partial charge < -0.3 is 5.32 Å². The van der Waals surface area contributed by atoms with Crippen LogP contribution >= 0.6 is 11.6 Å². The Balaban J connectivity index is 1.53. The Morgan fingerprint density at radius 1 is 1.10 bits per heavy atom. The lowest BCUT2D eigenvalue weighted by Gasteiger charge is -2.33. The molecule has 3 rings (SSSR count). The number of benzene rings is 2. The average molecular weight is 439 g/mol. The fourth-order valence-corrected chi connectivity index (χ4v) is 4.70. The summed E-state index contributed by atoms with van der Waals surface area (Å²) in [5.74, 6) is -0.273. The molecule has 0 aromatic heterocycles. The molecule has 9 nitrogen and oxygen atoms in total. The van der Waals surface area contributed by atoms with Crippen LogP contribution in [0, 0.1) is 10.1 Å². The molecule has 11 heteroatoms. The molecule has 1 heterocycles. The third kappa shape index (κ3) is 5.30. The van der Waals surface area contributed by atoms with Crippen LogP contribution in [0.4, 0.5) is 11.4 Å². The lowest BCUT2D eigenvalue weighted by molar-refractivity contribution is -0.384. The van der Waals surface area contributed by atoms with Gasteiger partial charge in [0.1, 0.15) is 0 Å². The van der Waals surface area contributed by atoms with Crippen LogP contribution in [0.1, 0.15) is 0 Å². The first-order chi connectivity index (χ1) is 13.8. The van der Waals surface area contributed by atoms with Crippen LogP contribution in [0.15, 0.2) is 53.4 Å². The van der Waals surface area contributed by atoms with Gasteiger partial charge in [-0.05, 0) is 30.3 Å². The number of nitro groups is 1. The molecule has 1 saturated heterocycles. The normalized spacial score (nSPS) is 15.8. The fraction of sp³-hybridized carbons (Fsp3) is 0.278. The standard InChI is InChI=1S/C18H19ClN4O5S/c19-14-2-1-3-17(12-14)29(27,28)22-10-8-21(9-11-22)13-18(24)20-15-4-6-16(7-5-15)23(25)26/h1-7,12H,8-11,13H2,(H,20,24). The van der Waals surface area contributed by atoms with Crippen molar-refractivity contribution in [1.82, 2.24) is 9.21 Å². The number of carbonyl (C=O) groups excluding carboxylic acids is 1. The van der Waals surface area contributed by atoms with Crippen LogP contribution in [0.25, 0.3) is 0 Å². The molecule has 0 radical (unpaired) electrons. The quantitative estimate of drug-likeness (QED) is 0.546. The molecule has 0 spiro atoms. The first-order valence-electron chi connectivity index (χ1n) is 8.78. The van der Waals surface area contributed by atoms with Crippen molar-refractivity contribution in [1.29, 1.82) is 0 Å². The Morgan fingerprint density at radius 3 is 2.34 bits per heavy atom. The number of anilines is 1. The zero-order valence-corrected chi connectivity index (χ0v) is 16.9. The Hall–Kier alpha value is -2.53. The smallest absolute Gasteiger partial charge is 0.269 e. The minimum absolute atomic E-state index is 0.0555. The van der Waals surface area contributed by atoms with Crippen molar-refractivity contribution in [2.45, 2.75) is 4.90 Å². The summed E-state index contributed by atoms with van der Waals surface area (Å²) < 4.78 is 26.8. The molecular formula is C18H19ClN4O5S. The van der Waals surface area contributed by atoms with Crippen LogP contribution < -0.4 is 5.32 Å². The van der Waals surface area contributed by atoms with Gasteiger partial charge in [0.05, 0.1) is 16.4 Å². The summed E-state index contributed by atoms with van der Waals surface area (Å²) in [6.45, 7) is 1.45. The summed E-state index contributed by atoms with van der Waals surface area (Å²) in [5.41, 5.74) is 0.405. The predicted molar refractivity (Wildman–Crippen MR) is 108 cm³/mol. The van der Waals surface area contributed by atoms with Gasteiger partial charge in [-0.2, -0.15) is 4.31 Å². The number of nitro benzene ring substituents is 1. The topological polar surface area (TPSA) is 113 Å². The summed E-state index contributed by atoms with van der Waals surface area (Å²) in [6.07, 6.45) is 0. The van der Waals surface area contributed by atoms with E-state index in [2.05, 4.69) is 5.32 Å². The number of hydrogen-bond donors (Lipinski definition) is 1. The predicted octanol–water partition coefficient (Wildman–Crippen LogP) is 2.19. The van der Waals surface area contributed by atoms with Crippen LogP contribution in [0.2, 0.25) is 5.02 Å². The summed E-state index contributed by atoms with van der Waals surface area (Å²) >= 11 is 5.89. The molecule has 2 aromatic rings. The third-order valence-electron chi connectivity index (χ3n) is 4.49. The van der Waals surface area contributed by atoms with Crippen LogP contribution in [0.3, 0.4) is 0 Å². The highest BCUT2D eigenvalue weighted by Crippen LogP contribution is 2.21. The minimum atomic E-state index is -3.63. The zero-order valence-electron chi connectivity index (χ0n) is 15.3. The van der Waals surface area contributed by atoms with Crippen LogP contribution in [-0.2, 0) is 14.8 Å². The number of halogens is 1. The molecule has 0 aliphatic carbocycles. The minimum Gasteiger partial charge on any atom is -0.325 e. The van der Waals surface area contributed by atoms with Crippen molar-refractivity contribution >= 4 is 38.9 Å². The van der Waals surface area contributed by atoms with Crippen molar-refractivity contribution in [2.24, 2.45) is 0 Å². The number of hydrogen-bond acceptors (Lipinski definition) is 6. The van der Waals surface area contributed by atoms with E-state index in [0.29, 0.717) is 23.8 Å². The van der Waals surface area contributed by atoms with E-state index in [1.54, 1.807) is 12.1 Å². The number of nitrogens with one attached hydrogen (secondary N) is 1. The molecule has 1 fully saturated rings. The van der Waals surface area contributed by atoms with E-state index in [-0.39, 0.29) is 36.1 Å². The molecule has 2 aromatic carbocycles. The monoisotopic (exact) mass is 438 g/mol.